The molecule has 1 spiro atoms. The van der Waals surface area contributed by atoms with E-state index in [-0.39, 0.29) is 16.2 Å². The third-order valence-electron chi connectivity index (χ3n) is 13.1. The molecule has 5 aliphatic rings. The lowest BCUT2D eigenvalue weighted by molar-refractivity contribution is -0.359. The van der Waals surface area contributed by atoms with Gasteiger partial charge in [0.05, 0.1) is 24.7 Å². The van der Waals surface area contributed by atoms with Crippen molar-refractivity contribution in [3.05, 3.63) is 187 Å². The van der Waals surface area contributed by atoms with Gasteiger partial charge in [0.1, 0.15) is 12.0 Å². The van der Waals surface area contributed by atoms with Crippen molar-refractivity contribution in [1.29, 1.82) is 5.41 Å². The number of aliphatic imine (C=N–C) groups is 1. The quantitative estimate of drug-likeness (QED) is 0.156. The van der Waals surface area contributed by atoms with Crippen LogP contribution in [0.1, 0.15) is 123 Å². The van der Waals surface area contributed by atoms with Crippen LogP contribution in [0.15, 0.2) is 170 Å². The number of benzene rings is 2. The third kappa shape index (κ3) is 7.68. The number of allylic oxidation sites excluding steroid dienone is 16. The lowest BCUT2D eigenvalue weighted by atomic mass is 9.64. The molecular weight excluding hydrogens is 717 g/mol. The average molecular weight is 782 g/mol. The normalized spacial score (nSPS) is 21.0. The van der Waals surface area contributed by atoms with E-state index in [1.807, 2.05) is 11.6 Å². The van der Waals surface area contributed by atoms with Crippen LogP contribution in [0.25, 0.3) is 0 Å². The predicted octanol–water partition coefficient (Wildman–Crippen LogP) is 13.0. The first-order valence-electron chi connectivity index (χ1n) is 21.6. The van der Waals surface area contributed by atoms with E-state index in [0.717, 1.165) is 61.1 Å². The highest BCUT2D eigenvalue weighted by molar-refractivity contribution is 5.96. The number of nitrogens with zero attached hydrogens (tertiary/aromatic N) is 2. The molecule has 0 aliphatic heterocycles. The van der Waals surface area contributed by atoms with E-state index in [9.17, 15) is 0 Å². The van der Waals surface area contributed by atoms with Crippen molar-refractivity contribution < 1.29 is 4.58 Å². The van der Waals surface area contributed by atoms with Crippen LogP contribution < -0.4 is 5.32 Å². The van der Waals surface area contributed by atoms with Crippen molar-refractivity contribution >= 4 is 18.4 Å². The monoisotopic (exact) mass is 782 g/mol. The van der Waals surface area contributed by atoms with E-state index in [0.29, 0.717) is 12.4 Å². The summed E-state index contributed by atoms with van der Waals surface area (Å²) in [6, 6.07) is 17.2. The second kappa shape index (κ2) is 16.0. The van der Waals surface area contributed by atoms with Gasteiger partial charge < -0.3 is 5.32 Å². The Morgan fingerprint density at radius 2 is 1.37 bits per heavy atom. The van der Waals surface area contributed by atoms with Crippen LogP contribution in [0, 0.1) is 10.8 Å². The van der Waals surface area contributed by atoms with E-state index >= 15 is 0 Å². The molecule has 0 aromatic heterocycles. The second-order valence-electron chi connectivity index (χ2n) is 19.2. The molecule has 4 nitrogen and oxygen atoms in total. The Labute approximate surface area is 354 Å². The summed E-state index contributed by atoms with van der Waals surface area (Å²) in [7, 11) is 1.97. The zero-order valence-electron chi connectivity index (χ0n) is 37.4. The molecule has 2 aromatic carbocycles. The molecule has 7 rings (SSSR count). The summed E-state index contributed by atoms with van der Waals surface area (Å²) in [5, 5.41) is 12.3. The third-order valence-corrected chi connectivity index (χ3v) is 13.1. The SMILES string of the molecule is C=C(CNC(=N)c1ccc(C(C)(C)C)cc1)C1=CC2=C(CC1)C1=C(C=C(/C(C)=C/N=C(/c3ccc(C(C)(C)C)cc3)[N+](=C)C)CC1)C21C2=C(CCC=C2)C(C)=C1/C=C\C. The van der Waals surface area contributed by atoms with Gasteiger partial charge in [0.2, 0.25) is 0 Å². The summed E-state index contributed by atoms with van der Waals surface area (Å²) in [5.74, 6) is 1.28. The van der Waals surface area contributed by atoms with Crippen molar-refractivity contribution in [2.24, 2.45) is 10.4 Å². The topological polar surface area (TPSA) is 51.2 Å². The maximum absolute atomic E-state index is 8.88. The predicted molar refractivity (Wildman–Crippen MR) is 252 cm³/mol. The van der Waals surface area contributed by atoms with Crippen LogP contribution in [-0.4, -0.2) is 36.6 Å². The minimum Gasteiger partial charge on any atom is -0.366 e. The lowest BCUT2D eigenvalue weighted by Crippen LogP contribution is -2.28. The summed E-state index contributed by atoms with van der Waals surface area (Å²) in [5.41, 5.74) is 20.9. The second-order valence-corrected chi connectivity index (χ2v) is 19.2. The molecular formula is C55H65N4+. The molecule has 1 atom stereocenters. The Morgan fingerprint density at radius 1 is 0.814 bits per heavy atom. The Hall–Kier alpha value is -5.35. The molecule has 2 aromatic rings. The Bertz CT molecular complexity index is 2440. The first-order valence-corrected chi connectivity index (χ1v) is 21.6. The molecule has 0 saturated carbocycles. The van der Waals surface area contributed by atoms with Crippen LogP contribution in [0.5, 0.6) is 0 Å². The van der Waals surface area contributed by atoms with Crippen molar-refractivity contribution in [2.45, 2.75) is 112 Å². The van der Waals surface area contributed by atoms with Crippen LogP contribution in [0.2, 0.25) is 0 Å². The van der Waals surface area contributed by atoms with Gasteiger partial charge in [-0.3, -0.25) is 5.41 Å². The molecule has 59 heavy (non-hydrogen) atoms. The molecule has 4 heteroatoms. The van der Waals surface area contributed by atoms with Crippen molar-refractivity contribution in [1.82, 2.24) is 5.32 Å². The molecule has 1 unspecified atom stereocenters. The van der Waals surface area contributed by atoms with Crippen molar-refractivity contribution in [3.8, 4) is 0 Å². The fourth-order valence-electron chi connectivity index (χ4n) is 9.78. The number of amidine groups is 2. The maximum Gasteiger partial charge on any atom is 0.329 e. The zero-order chi connectivity index (χ0) is 42.4. The van der Waals surface area contributed by atoms with Gasteiger partial charge in [0.25, 0.3) is 0 Å². The average Bonchev–Trinajstić information content (AvgIpc) is 3.64. The molecule has 0 fully saturated rings. The lowest BCUT2D eigenvalue weighted by Gasteiger charge is -2.37. The molecule has 5 aliphatic carbocycles. The number of rotatable bonds is 8. The highest BCUT2D eigenvalue weighted by atomic mass is 15.0. The van der Waals surface area contributed by atoms with Gasteiger partial charge in [0, 0.05) is 12.1 Å². The van der Waals surface area contributed by atoms with Crippen LogP contribution in [0.3, 0.4) is 0 Å². The van der Waals surface area contributed by atoms with Gasteiger partial charge in [-0.15, -0.1) is 0 Å². The Balaban J connectivity index is 1.25. The number of nitrogens with one attached hydrogen (secondary N) is 2. The molecule has 304 valence electrons. The smallest absolute Gasteiger partial charge is 0.329 e. The number of fused-ring (bicyclic) bond motifs is 4. The Morgan fingerprint density at radius 3 is 1.93 bits per heavy atom. The van der Waals surface area contributed by atoms with Crippen LogP contribution in [0.4, 0.5) is 0 Å². The first-order chi connectivity index (χ1) is 28.0. The molecule has 0 heterocycles. The summed E-state index contributed by atoms with van der Waals surface area (Å²) in [6.45, 7) is 29.5. The summed E-state index contributed by atoms with van der Waals surface area (Å²) in [6.07, 6.45) is 22.6. The van der Waals surface area contributed by atoms with Crippen LogP contribution >= 0.6 is 0 Å². The first kappa shape index (κ1) is 41.8. The van der Waals surface area contributed by atoms with Crippen LogP contribution in [-0.2, 0) is 10.8 Å². The van der Waals surface area contributed by atoms with Gasteiger partial charge in [-0.2, -0.15) is 0 Å². The highest BCUT2D eigenvalue weighted by Crippen LogP contribution is 2.67. The largest absolute Gasteiger partial charge is 0.366 e. The molecule has 0 amide bonds. The minimum atomic E-state index is -0.364. The van der Waals surface area contributed by atoms with Gasteiger partial charge in [0.15, 0.2) is 0 Å². The Kier molecular flexibility index (Phi) is 11.3. The van der Waals surface area contributed by atoms with Gasteiger partial charge in [-0.05, 0) is 165 Å². The fraction of sp³-hybridized carbons (Fsp3) is 0.364. The summed E-state index contributed by atoms with van der Waals surface area (Å²) < 4.78 is 1.87. The number of hydrogen-bond donors (Lipinski definition) is 2. The molecule has 0 saturated heterocycles. The van der Waals surface area contributed by atoms with E-state index in [2.05, 4.69) is 172 Å². The van der Waals surface area contributed by atoms with E-state index in [1.54, 1.807) is 0 Å². The van der Waals surface area contributed by atoms with E-state index < -0.39 is 0 Å². The van der Waals surface area contributed by atoms with Crippen molar-refractivity contribution in [3.63, 3.8) is 0 Å². The standard InChI is InChI=1S/C55H65N4/c1-13-16-47-37(4)44-17-14-15-18-48(44)55(47)49-31-40(35(2)33-57-51(56)38-19-25-42(26-20-38)53(5,6)7)23-29-45(49)46-30-24-41(32-50(46)55)36(3)34-58-52(59(11)12)39-21-27-43(28-22-39)54(8,9)10/h13,15-16,18-22,25-28,31-32,34H,2,11,14,17,23-24,29-30,33H2,1,3-10,12H3,(H2,56,57)/q+1/b16-13-,36-34+,58-52-. The summed E-state index contributed by atoms with van der Waals surface area (Å²) >= 11 is 0. The highest BCUT2D eigenvalue weighted by Gasteiger charge is 2.54. The van der Waals surface area contributed by atoms with Gasteiger partial charge in [-0.25, -0.2) is 4.58 Å². The van der Waals surface area contributed by atoms with Crippen molar-refractivity contribution in [2.75, 3.05) is 13.6 Å². The summed E-state index contributed by atoms with van der Waals surface area (Å²) in [4.78, 5) is 5.09. The molecule has 0 radical (unpaired) electrons. The van der Waals surface area contributed by atoms with Gasteiger partial charge in [-0.1, -0.05) is 121 Å². The molecule has 2 N–H and O–H groups in total. The maximum atomic E-state index is 8.88. The fourth-order valence-corrected chi connectivity index (χ4v) is 9.78. The number of hydrogen-bond acceptors (Lipinski definition) is 2. The zero-order valence-corrected chi connectivity index (χ0v) is 37.4. The minimum absolute atomic E-state index is 0.0777. The van der Waals surface area contributed by atoms with E-state index in [4.69, 9.17) is 10.4 Å². The molecule has 0 bridgehead atoms. The van der Waals surface area contributed by atoms with E-state index in [1.165, 1.54) is 72.4 Å². The van der Waals surface area contributed by atoms with Gasteiger partial charge >= 0.3 is 5.84 Å².